The van der Waals surface area contributed by atoms with Crippen molar-refractivity contribution < 1.29 is 47.5 Å². The van der Waals surface area contributed by atoms with E-state index >= 15 is 0 Å². The number of hydrogen-bond donors (Lipinski definition) is 1. The van der Waals surface area contributed by atoms with Gasteiger partial charge in [-0.25, -0.2) is 4.79 Å². The molecule has 11 heteroatoms. The number of methoxy groups -OCH3 is 4. The maximum Gasteiger partial charge on any atom is 0.344 e. The van der Waals surface area contributed by atoms with Gasteiger partial charge < -0.3 is 43.3 Å². The summed E-state index contributed by atoms with van der Waals surface area (Å²) in [6.07, 6.45) is 2.44. The fourth-order valence-corrected chi connectivity index (χ4v) is 5.45. The Balaban J connectivity index is 1.94. The lowest BCUT2D eigenvalue weighted by Gasteiger charge is -2.42. The second kappa shape index (κ2) is 12.8. The van der Waals surface area contributed by atoms with E-state index in [-0.39, 0.29) is 19.0 Å². The van der Waals surface area contributed by atoms with Gasteiger partial charge in [0.05, 0.1) is 27.9 Å². The number of amides is 1. The molecule has 1 amide bonds. The number of rotatable bonds is 11. The summed E-state index contributed by atoms with van der Waals surface area (Å²) in [5, 5.41) is 2.43. The van der Waals surface area contributed by atoms with Crippen LogP contribution in [0.25, 0.3) is 0 Å². The van der Waals surface area contributed by atoms with Crippen LogP contribution in [-0.2, 0) is 23.9 Å². The van der Waals surface area contributed by atoms with E-state index in [4.69, 9.17) is 33.2 Å². The number of fused-ring (bicyclic) bond motifs is 2. The molecule has 1 aliphatic heterocycles. The van der Waals surface area contributed by atoms with Crippen molar-refractivity contribution in [1.82, 2.24) is 5.32 Å². The summed E-state index contributed by atoms with van der Waals surface area (Å²) in [6.45, 7) is 3.66. The van der Waals surface area contributed by atoms with Gasteiger partial charge in [-0.1, -0.05) is 12.7 Å². The number of nitrogens with one attached hydrogen (secondary N) is 1. The van der Waals surface area contributed by atoms with Gasteiger partial charge in [0.25, 0.3) is 5.91 Å². The summed E-state index contributed by atoms with van der Waals surface area (Å²) >= 11 is 0. The molecule has 2 aliphatic rings. The van der Waals surface area contributed by atoms with Gasteiger partial charge in [-0.3, -0.25) is 4.79 Å². The number of aldehydes is 1. The van der Waals surface area contributed by atoms with Gasteiger partial charge in [-0.05, 0) is 41.5 Å². The predicted molar refractivity (Wildman–Crippen MR) is 147 cm³/mol. The molecule has 0 aromatic heterocycles. The average Bonchev–Trinajstić information content (AvgIpc) is 3.46. The molecule has 1 unspecified atom stereocenters. The Bertz CT molecular complexity index is 1340. The molecule has 2 aromatic rings. The standard InChI is InChI=1S/C30H33NO10/c1-7-8-17(29(33)31-2)30(34)41-27-19-12-23-22(39-15-40-23)11-18(19)26(20(13-32)21(27)14-35-3)16-9-24(36-4)28(38-6)25(10-16)37-5/h7-13,20-21,26-27H,1,14-15H2,2-6H3,(H,31,33)/b17-8+/t20-,21?,26+,27-/m0/s1. The summed E-state index contributed by atoms with van der Waals surface area (Å²) in [4.78, 5) is 38.7. The van der Waals surface area contributed by atoms with Gasteiger partial charge in [0.2, 0.25) is 12.5 Å². The Morgan fingerprint density at radius 3 is 2.15 bits per heavy atom. The molecule has 1 N–H and O–H groups in total. The highest BCUT2D eigenvalue weighted by Crippen LogP contribution is 2.54. The number of likely N-dealkylation sites (N-methyl/N-ethyl adjacent to an activating group) is 1. The Hall–Kier alpha value is -4.51. The molecular formula is C30H33NO10. The van der Waals surface area contributed by atoms with Crippen LogP contribution in [0.4, 0.5) is 0 Å². The number of allylic oxidation sites excluding steroid dienone is 2. The van der Waals surface area contributed by atoms with Gasteiger partial charge in [-0.2, -0.15) is 0 Å². The van der Waals surface area contributed by atoms with Crippen LogP contribution >= 0.6 is 0 Å². The number of carbonyl (C=O) groups excluding carboxylic acids is 3. The van der Waals surface area contributed by atoms with E-state index in [1.54, 1.807) is 24.3 Å². The van der Waals surface area contributed by atoms with Crippen LogP contribution in [0.5, 0.6) is 28.7 Å². The second-order valence-electron chi connectivity index (χ2n) is 9.32. The highest BCUT2D eigenvalue weighted by atomic mass is 16.7. The molecule has 4 rings (SSSR count). The summed E-state index contributed by atoms with van der Waals surface area (Å²) in [5.74, 6) is -1.28. The molecule has 1 aliphatic carbocycles. The van der Waals surface area contributed by atoms with Crippen LogP contribution in [0.1, 0.15) is 28.7 Å². The lowest BCUT2D eigenvalue weighted by atomic mass is 9.65. The van der Waals surface area contributed by atoms with Crippen molar-refractivity contribution in [3.05, 3.63) is 65.3 Å². The van der Waals surface area contributed by atoms with Crippen molar-refractivity contribution in [2.24, 2.45) is 11.8 Å². The fourth-order valence-electron chi connectivity index (χ4n) is 5.45. The van der Waals surface area contributed by atoms with Crippen molar-refractivity contribution in [2.75, 3.05) is 48.9 Å². The zero-order chi connectivity index (χ0) is 29.7. The lowest BCUT2D eigenvalue weighted by Crippen LogP contribution is -2.40. The average molecular weight is 568 g/mol. The third-order valence-corrected chi connectivity index (χ3v) is 7.26. The van der Waals surface area contributed by atoms with Crippen LogP contribution in [0.15, 0.2) is 48.6 Å². The SMILES string of the molecule is C=C/C=C(\C(=O)NC)C(=O)O[C@H]1c2cc3c(cc2[C@@H](c2cc(OC)c(OC)c(OC)c2)[C@@H](C=O)C1COC)OCO3. The minimum absolute atomic E-state index is 0.0129. The molecule has 0 radical (unpaired) electrons. The molecule has 0 bridgehead atoms. The Kier molecular flexibility index (Phi) is 9.18. The first kappa shape index (κ1) is 29.5. The third kappa shape index (κ3) is 5.45. The van der Waals surface area contributed by atoms with E-state index in [2.05, 4.69) is 11.9 Å². The minimum atomic E-state index is -0.974. The van der Waals surface area contributed by atoms with Crippen molar-refractivity contribution in [3.8, 4) is 28.7 Å². The van der Waals surface area contributed by atoms with E-state index < -0.39 is 35.7 Å². The Labute approximate surface area is 237 Å². The normalized spacial score (nSPS) is 20.9. The molecule has 0 spiro atoms. The fraction of sp³-hybridized carbons (Fsp3) is 0.367. The van der Waals surface area contributed by atoms with Crippen LogP contribution in [0.2, 0.25) is 0 Å². The second-order valence-corrected chi connectivity index (χ2v) is 9.32. The van der Waals surface area contributed by atoms with Crippen molar-refractivity contribution >= 4 is 18.2 Å². The first-order valence-corrected chi connectivity index (χ1v) is 12.8. The van der Waals surface area contributed by atoms with Crippen molar-refractivity contribution in [2.45, 2.75) is 12.0 Å². The zero-order valence-corrected chi connectivity index (χ0v) is 23.6. The van der Waals surface area contributed by atoms with Crippen LogP contribution in [0, 0.1) is 11.8 Å². The molecule has 1 heterocycles. The number of ether oxygens (including phenoxy) is 7. The van der Waals surface area contributed by atoms with Crippen molar-refractivity contribution in [1.29, 1.82) is 0 Å². The van der Waals surface area contributed by atoms with Gasteiger partial charge in [0, 0.05) is 37.5 Å². The number of benzene rings is 2. The molecule has 0 saturated carbocycles. The molecular weight excluding hydrogens is 534 g/mol. The summed E-state index contributed by atoms with van der Waals surface area (Å²) in [5.41, 5.74) is 1.70. The van der Waals surface area contributed by atoms with E-state index in [0.29, 0.717) is 45.4 Å². The quantitative estimate of drug-likeness (QED) is 0.108. The first-order valence-electron chi connectivity index (χ1n) is 12.8. The van der Waals surface area contributed by atoms with Crippen LogP contribution < -0.4 is 29.0 Å². The van der Waals surface area contributed by atoms with E-state index in [9.17, 15) is 14.4 Å². The van der Waals surface area contributed by atoms with Crippen LogP contribution in [-0.4, -0.2) is 67.0 Å². The van der Waals surface area contributed by atoms with E-state index in [0.717, 1.165) is 6.29 Å². The highest BCUT2D eigenvalue weighted by Gasteiger charge is 2.47. The van der Waals surface area contributed by atoms with Gasteiger partial charge in [-0.15, -0.1) is 0 Å². The maximum absolute atomic E-state index is 13.3. The Morgan fingerprint density at radius 1 is 1.00 bits per heavy atom. The maximum atomic E-state index is 13.3. The number of esters is 1. The molecule has 11 nitrogen and oxygen atoms in total. The smallest absolute Gasteiger partial charge is 0.344 e. The van der Waals surface area contributed by atoms with Crippen LogP contribution in [0.3, 0.4) is 0 Å². The molecule has 0 fully saturated rings. The van der Waals surface area contributed by atoms with Crippen molar-refractivity contribution in [3.63, 3.8) is 0 Å². The van der Waals surface area contributed by atoms with Gasteiger partial charge in [0.1, 0.15) is 18.0 Å². The van der Waals surface area contributed by atoms with E-state index in [1.807, 2.05) is 0 Å². The topological polar surface area (TPSA) is 128 Å². The molecule has 41 heavy (non-hydrogen) atoms. The largest absolute Gasteiger partial charge is 0.493 e. The highest BCUT2D eigenvalue weighted by molar-refractivity contribution is 6.16. The Morgan fingerprint density at radius 2 is 1.63 bits per heavy atom. The molecule has 2 aromatic carbocycles. The minimum Gasteiger partial charge on any atom is -0.493 e. The number of carbonyl (C=O) groups is 3. The summed E-state index contributed by atoms with van der Waals surface area (Å²) in [6, 6.07) is 7.08. The molecule has 4 atom stereocenters. The summed E-state index contributed by atoms with van der Waals surface area (Å²) < 4.78 is 39.5. The lowest BCUT2D eigenvalue weighted by molar-refractivity contribution is -0.153. The number of hydrogen-bond acceptors (Lipinski definition) is 10. The van der Waals surface area contributed by atoms with E-state index in [1.165, 1.54) is 47.6 Å². The molecule has 218 valence electrons. The van der Waals surface area contributed by atoms with Gasteiger partial charge >= 0.3 is 5.97 Å². The first-order chi connectivity index (χ1) is 19.9. The van der Waals surface area contributed by atoms with Gasteiger partial charge in [0.15, 0.2) is 23.0 Å². The molecule has 0 saturated heterocycles. The predicted octanol–water partition coefficient (Wildman–Crippen LogP) is 3.11. The zero-order valence-electron chi connectivity index (χ0n) is 23.6. The summed E-state index contributed by atoms with van der Waals surface area (Å²) in [7, 11) is 7.43. The third-order valence-electron chi connectivity index (χ3n) is 7.26. The monoisotopic (exact) mass is 567 g/mol.